The van der Waals surface area contributed by atoms with Crippen molar-refractivity contribution in [1.82, 2.24) is 5.48 Å². The van der Waals surface area contributed by atoms with Crippen LogP contribution in [0, 0.1) is 0 Å². The molecule has 0 saturated heterocycles. The maximum atomic E-state index is 12.3. The van der Waals surface area contributed by atoms with Crippen LogP contribution in [0.3, 0.4) is 0 Å². The predicted molar refractivity (Wildman–Crippen MR) is 148 cm³/mol. The first kappa shape index (κ1) is 31.2. The number of hydrogen-bond donors (Lipinski definition) is 1. The first-order valence-electron chi connectivity index (χ1n) is 15.4. The standard InChI is InChI=1S/C31H59NO2/c1-3-5-7-9-11-12-13-14-15-16-17-18-19-21-22-24-26-29-28-30(32-34-29)31(33)27-25-23-20-10-8-6-4-2/h28-29,32H,3-27H2,1-2H3. The molecule has 1 aliphatic heterocycles. The number of ketones is 1. The molecule has 1 aliphatic rings. The molecule has 1 N–H and O–H groups in total. The van der Waals surface area contributed by atoms with Crippen LogP contribution in [-0.2, 0) is 9.63 Å². The van der Waals surface area contributed by atoms with Crippen molar-refractivity contribution >= 4 is 5.78 Å². The van der Waals surface area contributed by atoms with Crippen molar-refractivity contribution in [3.05, 3.63) is 11.8 Å². The van der Waals surface area contributed by atoms with Gasteiger partial charge in [0.1, 0.15) is 11.8 Å². The molecule has 0 radical (unpaired) electrons. The highest BCUT2D eigenvalue weighted by atomic mass is 16.7. The number of hydroxylamine groups is 1. The molecule has 0 amide bonds. The molecule has 1 rings (SSSR count). The second-order valence-electron chi connectivity index (χ2n) is 10.7. The minimum atomic E-state index is 0.0830. The van der Waals surface area contributed by atoms with Crippen LogP contribution in [0.2, 0.25) is 0 Å². The Morgan fingerprint density at radius 3 is 1.44 bits per heavy atom. The average molecular weight is 478 g/mol. The number of nitrogens with one attached hydrogen (secondary N) is 1. The van der Waals surface area contributed by atoms with E-state index in [0.29, 0.717) is 12.1 Å². The summed E-state index contributed by atoms with van der Waals surface area (Å²) in [6.45, 7) is 4.54. The van der Waals surface area contributed by atoms with E-state index in [-0.39, 0.29) is 11.9 Å². The highest BCUT2D eigenvalue weighted by molar-refractivity contribution is 5.94. The minimum Gasteiger partial charge on any atom is -0.292 e. The van der Waals surface area contributed by atoms with Gasteiger partial charge in [0.25, 0.3) is 0 Å². The number of allylic oxidation sites excluding steroid dienone is 1. The lowest BCUT2D eigenvalue weighted by Crippen LogP contribution is -2.16. The van der Waals surface area contributed by atoms with E-state index in [0.717, 1.165) is 12.8 Å². The van der Waals surface area contributed by atoms with E-state index in [4.69, 9.17) is 4.84 Å². The zero-order chi connectivity index (χ0) is 24.5. The molecule has 200 valence electrons. The van der Waals surface area contributed by atoms with E-state index < -0.39 is 0 Å². The summed E-state index contributed by atoms with van der Waals surface area (Å²) in [7, 11) is 0. The van der Waals surface area contributed by atoms with E-state index in [1.165, 1.54) is 141 Å². The summed E-state index contributed by atoms with van der Waals surface area (Å²) in [5.41, 5.74) is 3.59. The van der Waals surface area contributed by atoms with Crippen LogP contribution >= 0.6 is 0 Å². The minimum absolute atomic E-state index is 0.0830. The first-order valence-corrected chi connectivity index (χ1v) is 15.4. The third-order valence-corrected chi connectivity index (χ3v) is 7.32. The number of rotatable bonds is 26. The van der Waals surface area contributed by atoms with Gasteiger partial charge in [0.05, 0.1) is 0 Å². The van der Waals surface area contributed by atoms with Crippen molar-refractivity contribution in [1.29, 1.82) is 0 Å². The summed E-state index contributed by atoms with van der Waals surface area (Å²) in [5.74, 6) is 0.225. The summed E-state index contributed by atoms with van der Waals surface area (Å²) < 4.78 is 0. The molecule has 0 bridgehead atoms. The third kappa shape index (κ3) is 18.5. The molecule has 0 spiro atoms. The van der Waals surface area contributed by atoms with E-state index >= 15 is 0 Å². The van der Waals surface area contributed by atoms with Gasteiger partial charge in [-0.05, 0) is 18.9 Å². The van der Waals surface area contributed by atoms with E-state index in [9.17, 15) is 4.79 Å². The fraction of sp³-hybridized carbons (Fsp3) is 0.903. The summed E-state index contributed by atoms with van der Waals surface area (Å²) in [5, 5.41) is 0. The molecule has 1 atom stereocenters. The molecule has 0 fully saturated rings. The summed E-state index contributed by atoms with van der Waals surface area (Å²) in [6, 6.07) is 0. The molecule has 0 saturated carbocycles. The smallest absolute Gasteiger partial charge is 0.180 e. The quantitative estimate of drug-likeness (QED) is 0.126. The third-order valence-electron chi connectivity index (χ3n) is 7.32. The molecule has 0 aromatic carbocycles. The number of unbranched alkanes of at least 4 members (excludes halogenated alkanes) is 21. The van der Waals surface area contributed by atoms with E-state index in [2.05, 4.69) is 19.3 Å². The van der Waals surface area contributed by atoms with Crippen molar-refractivity contribution in [3.63, 3.8) is 0 Å². The van der Waals surface area contributed by atoms with Gasteiger partial charge in [-0.1, -0.05) is 155 Å². The van der Waals surface area contributed by atoms with Crippen molar-refractivity contribution in [2.24, 2.45) is 0 Å². The monoisotopic (exact) mass is 477 g/mol. The Bertz CT molecular complexity index is 488. The van der Waals surface area contributed by atoms with Crippen LogP contribution in [0.25, 0.3) is 0 Å². The van der Waals surface area contributed by atoms with Crippen molar-refractivity contribution in [2.45, 2.75) is 180 Å². The molecule has 34 heavy (non-hydrogen) atoms. The van der Waals surface area contributed by atoms with Crippen molar-refractivity contribution in [2.75, 3.05) is 0 Å². The Kier molecular flexibility index (Phi) is 21.9. The number of carbonyl (C=O) groups is 1. The Labute approximate surface area is 213 Å². The van der Waals surface area contributed by atoms with Gasteiger partial charge in [-0.15, -0.1) is 0 Å². The Balaban J connectivity index is 1.86. The molecule has 0 aromatic rings. The van der Waals surface area contributed by atoms with Gasteiger partial charge in [0, 0.05) is 6.42 Å². The topological polar surface area (TPSA) is 38.3 Å². The fourth-order valence-electron chi connectivity index (χ4n) is 4.96. The Morgan fingerprint density at radius 1 is 0.618 bits per heavy atom. The van der Waals surface area contributed by atoms with Gasteiger partial charge in [-0.25, -0.2) is 0 Å². The lowest BCUT2D eigenvalue weighted by atomic mass is 10.0. The summed E-state index contributed by atoms with van der Waals surface area (Å²) in [4.78, 5) is 18.0. The molecular weight excluding hydrogens is 418 g/mol. The van der Waals surface area contributed by atoms with E-state index in [1.54, 1.807) is 0 Å². The van der Waals surface area contributed by atoms with Crippen LogP contribution in [-0.4, -0.2) is 11.9 Å². The van der Waals surface area contributed by atoms with Crippen LogP contribution in [0.5, 0.6) is 0 Å². The highest BCUT2D eigenvalue weighted by Gasteiger charge is 2.20. The lowest BCUT2D eigenvalue weighted by Gasteiger charge is -2.07. The average Bonchev–Trinajstić information content (AvgIpc) is 3.32. The second kappa shape index (κ2) is 23.9. The molecular formula is C31H59NO2. The zero-order valence-corrected chi connectivity index (χ0v) is 23.1. The molecule has 3 heteroatoms. The highest BCUT2D eigenvalue weighted by Crippen LogP contribution is 2.18. The van der Waals surface area contributed by atoms with Gasteiger partial charge in [-0.3, -0.25) is 15.1 Å². The maximum Gasteiger partial charge on any atom is 0.180 e. The molecule has 1 heterocycles. The summed E-state index contributed by atoms with van der Waals surface area (Å²) in [6.07, 6.45) is 34.9. The van der Waals surface area contributed by atoms with Gasteiger partial charge in [0.15, 0.2) is 5.78 Å². The lowest BCUT2D eigenvalue weighted by molar-refractivity contribution is -0.117. The zero-order valence-electron chi connectivity index (χ0n) is 23.1. The Hall–Kier alpha value is -0.830. The van der Waals surface area contributed by atoms with Gasteiger partial charge in [-0.2, -0.15) is 0 Å². The van der Waals surface area contributed by atoms with Gasteiger partial charge < -0.3 is 0 Å². The number of hydrogen-bond acceptors (Lipinski definition) is 3. The van der Waals surface area contributed by atoms with Crippen molar-refractivity contribution in [3.8, 4) is 0 Å². The largest absolute Gasteiger partial charge is 0.292 e. The molecule has 0 aliphatic carbocycles. The Morgan fingerprint density at radius 2 is 1.00 bits per heavy atom. The van der Waals surface area contributed by atoms with Crippen LogP contribution in [0.15, 0.2) is 11.8 Å². The van der Waals surface area contributed by atoms with Crippen LogP contribution in [0.4, 0.5) is 0 Å². The van der Waals surface area contributed by atoms with Crippen molar-refractivity contribution < 1.29 is 9.63 Å². The summed E-state index contributed by atoms with van der Waals surface area (Å²) >= 11 is 0. The predicted octanol–water partition coefficient (Wildman–Crippen LogP) is 10.1. The van der Waals surface area contributed by atoms with Crippen LogP contribution in [0.1, 0.15) is 174 Å². The fourth-order valence-corrected chi connectivity index (χ4v) is 4.96. The molecule has 0 aromatic heterocycles. The SMILES string of the molecule is CCCCCCCCCCCCCCCCCCC1C=C(C(=O)CCCCCCCCC)NO1. The number of carbonyl (C=O) groups excluding carboxylic acids is 1. The molecule has 3 nitrogen and oxygen atoms in total. The van der Waals surface area contributed by atoms with E-state index in [1.807, 2.05) is 6.08 Å². The van der Waals surface area contributed by atoms with Crippen LogP contribution < -0.4 is 5.48 Å². The number of Topliss-reactive ketones (excluding diaryl/α,β-unsaturated/α-hetero) is 1. The van der Waals surface area contributed by atoms with Gasteiger partial charge in [0.2, 0.25) is 0 Å². The second-order valence-corrected chi connectivity index (χ2v) is 10.7. The van der Waals surface area contributed by atoms with Gasteiger partial charge >= 0.3 is 0 Å². The normalized spacial score (nSPS) is 15.5. The first-order chi connectivity index (χ1) is 16.8. The maximum absolute atomic E-state index is 12.3. The molecule has 1 unspecified atom stereocenters.